The Bertz CT molecular complexity index is 502. The van der Waals surface area contributed by atoms with Crippen molar-refractivity contribution in [2.24, 2.45) is 11.8 Å². The van der Waals surface area contributed by atoms with Crippen molar-refractivity contribution < 1.29 is 9.69 Å². The molecule has 0 aromatic heterocycles. The maximum absolute atomic E-state index is 12.2. The van der Waals surface area contributed by atoms with E-state index in [1.54, 1.807) is 0 Å². The Kier molecular flexibility index (Phi) is 5.37. The molecule has 1 amide bonds. The number of benzene rings is 1. The highest BCUT2D eigenvalue weighted by molar-refractivity contribution is 6.30. The SMILES string of the molecule is O=C(C[NH+]1CC[C@@H]2CCCC[C@@H]2C1)NCc1ccc(Cl)cc1. The second kappa shape index (κ2) is 7.47. The lowest BCUT2D eigenvalue weighted by atomic mass is 9.75. The van der Waals surface area contributed by atoms with Gasteiger partial charge in [-0.2, -0.15) is 0 Å². The Morgan fingerprint density at radius 1 is 1.14 bits per heavy atom. The molecule has 3 atom stereocenters. The van der Waals surface area contributed by atoms with E-state index in [0.717, 1.165) is 29.0 Å². The first kappa shape index (κ1) is 15.8. The normalized spacial score (nSPS) is 28.0. The molecule has 1 heterocycles. The zero-order chi connectivity index (χ0) is 15.4. The van der Waals surface area contributed by atoms with Crippen molar-refractivity contribution in [2.45, 2.75) is 38.6 Å². The van der Waals surface area contributed by atoms with Gasteiger partial charge in [0.2, 0.25) is 0 Å². The van der Waals surface area contributed by atoms with Crippen LogP contribution in [0.5, 0.6) is 0 Å². The average Bonchev–Trinajstić information content (AvgIpc) is 2.54. The summed E-state index contributed by atoms with van der Waals surface area (Å²) in [6.45, 7) is 3.57. The van der Waals surface area contributed by atoms with E-state index >= 15 is 0 Å². The zero-order valence-corrected chi connectivity index (χ0v) is 13.9. The summed E-state index contributed by atoms with van der Waals surface area (Å²) in [5.74, 6) is 1.97. The lowest BCUT2D eigenvalue weighted by Gasteiger charge is -2.38. The number of amides is 1. The van der Waals surface area contributed by atoms with Crippen LogP contribution in [0.2, 0.25) is 5.02 Å². The van der Waals surface area contributed by atoms with E-state index in [4.69, 9.17) is 11.6 Å². The van der Waals surface area contributed by atoms with Gasteiger partial charge >= 0.3 is 0 Å². The third-order valence-electron chi connectivity index (χ3n) is 5.30. The minimum atomic E-state index is 0.166. The summed E-state index contributed by atoms with van der Waals surface area (Å²) in [5.41, 5.74) is 1.10. The number of piperidine rings is 1. The second-order valence-electron chi connectivity index (χ2n) is 6.88. The van der Waals surface area contributed by atoms with E-state index in [2.05, 4.69) is 5.32 Å². The third-order valence-corrected chi connectivity index (χ3v) is 5.55. The molecule has 1 aliphatic heterocycles. The van der Waals surface area contributed by atoms with Crippen molar-refractivity contribution in [3.05, 3.63) is 34.9 Å². The Morgan fingerprint density at radius 3 is 2.64 bits per heavy atom. The predicted octanol–water partition coefficient (Wildman–Crippen LogP) is 2.05. The molecule has 1 saturated heterocycles. The Morgan fingerprint density at radius 2 is 1.86 bits per heavy atom. The lowest BCUT2D eigenvalue weighted by Crippen LogP contribution is -3.15. The summed E-state index contributed by atoms with van der Waals surface area (Å²) in [6.07, 6.45) is 6.90. The Hall–Kier alpha value is -1.06. The van der Waals surface area contributed by atoms with Gasteiger partial charge in [-0.3, -0.25) is 4.79 Å². The number of halogens is 1. The number of quaternary nitrogens is 1. The molecule has 1 saturated carbocycles. The predicted molar refractivity (Wildman–Crippen MR) is 88.9 cm³/mol. The average molecular weight is 322 g/mol. The first-order chi connectivity index (χ1) is 10.7. The van der Waals surface area contributed by atoms with Gasteiger partial charge < -0.3 is 10.2 Å². The Balaban J connectivity index is 1.42. The molecule has 2 aliphatic rings. The zero-order valence-electron chi connectivity index (χ0n) is 13.1. The van der Waals surface area contributed by atoms with Crippen molar-refractivity contribution in [3.8, 4) is 0 Å². The highest BCUT2D eigenvalue weighted by Gasteiger charge is 2.34. The van der Waals surface area contributed by atoms with Gasteiger partial charge in [0.15, 0.2) is 6.54 Å². The third kappa shape index (κ3) is 4.23. The number of nitrogens with one attached hydrogen (secondary N) is 2. The number of likely N-dealkylation sites (tertiary alicyclic amines) is 1. The number of fused-ring (bicyclic) bond motifs is 1. The molecule has 2 fully saturated rings. The molecule has 4 heteroatoms. The molecule has 1 aromatic rings. The van der Waals surface area contributed by atoms with E-state index < -0.39 is 0 Å². The van der Waals surface area contributed by atoms with E-state index in [1.165, 1.54) is 43.5 Å². The van der Waals surface area contributed by atoms with Crippen LogP contribution in [0.25, 0.3) is 0 Å². The quantitative estimate of drug-likeness (QED) is 0.874. The van der Waals surface area contributed by atoms with Gasteiger partial charge in [0.25, 0.3) is 5.91 Å². The minimum absolute atomic E-state index is 0.166. The molecule has 3 nitrogen and oxygen atoms in total. The molecule has 1 aliphatic carbocycles. The fraction of sp³-hybridized carbons (Fsp3) is 0.611. The van der Waals surface area contributed by atoms with Gasteiger partial charge in [0.1, 0.15) is 0 Å². The molecule has 120 valence electrons. The van der Waals surface area contributed by atoms with E-state index in [1.807, 2.05) is 24.3 Å². The van der Waals surface area contributed by atoms with Crippen molar-refractivity contribution in [1.82, 2.24) is 5.32 Å². The molecule has 3 rings (SSSR count). The van der Waals surface area contributed by atoms with E-state index in [-0.39, 0.29) is 5.91 Å². The molecule has 22 heavy (non-hydrogen) atoms. The van der Waals surface area contributed by atoms with Gasteiger partial charge in [-0.1, -0.05) is 36.6 Å². The minimum Gasteiger partial charge on any atom is -0.347 e. The van der Waals surface area contributed by atoms with Crippen LogP contribution in [0.15, 0.2) is 24.3 Å². The van der Waals surface area contributed by atoms with Crippen molar-refractivity contribution >= 4 is 17.5 Å². The Labute approximate surface area is 138 Å². The first-order valence-electron chi connectivity index (χ1n) is 8.55. The topological polar surface area (TPSA) is 33.5 Å². The van der Waals surface area contributed by atoms with Crippen LogP contribution in [0.1, 0.15) is 37.7 Å². The van der Waals surface area contributed by atoms with Crippen molar-refractivity contribution in [1.29, 1.82) is 0 Å². The van der Waals surface area contributed by atoms with Crippen LogP contribution in [0.3, 0.4) is 0 Å². The maximum atomic E-state index is 12.2. The van der Waals surface area contributed by atoms with Crippen LogP contribution in [-0.4, -0.2) is 25.5 Å². The van der Waals surface area contributed by atoms with Crippen LogP contribution < -0.4 is 10.2 Å². The molecule has 1 aromatic carbocycles. The fourth-order valence-corrected chi connectivity index (χ4v) is 4.17. The fourth-order valence-electron chi connectivity index (χ4n) is 4.05. The highest BCUT2D eigenvalue weighted by atomic mass is 35.5. The summed E-state index contributed by atoms with van der Waals surface area (Å²) in [5, 5.41) is 3.77. The molecular weight excluding hydrogens is 296 g/mol. The van der Waals surface area contributed by atoms with Crippen molar-refractivity contribution in [3.63, 3.8) is 0 Å². The van der Waals surface area contributed by atoms with Gasteiger partial charge in [-0.05, 0) is 42.9 Å². The monoisotopic (exact) mass is 321 g/mol. The molecule has 0 radical (unpaired) electrons. The largest absolute Gasteiger partial charge is 0.347 e. The summed E-state index contributed by atoms with van der Waals surface area (Å²) in [4.78, 5) is 13.6. The molecule has 0 bridgehead atoms. The second-order valence-corrected chi connectivity index (χ2v) is 7.31. The van der Waals surface area contributed by atoms with Crippen LogP contribution in [0, 0.1) is 11.8 Å². The standard InChI is InChI=1S/C18H25ClN2O/c19-17-7-5-14(6-8-17)11-20-18(22)13-21-10-9-15-3-1-2-4-16(15)12-21/h5-8,15-16H,1-4,9-13H2,(H,20,22)/p+1/t15-,16+/m0/s1. The summed E-state index contributed by atoms with van der Waals surface area (Å²) < 4.78 is 0. The van der Waals surface area contributed by atoms with Crippen LogP contribution in [0.4, 0.5) is 0 Å². The molecule has 2 N–H and O–H groups in total. The van der Waals surface area contributed by atoms with Gasteiger partial charge in [-0.25, -0.2) is 0 Å². The number of carbonyl (C=O) groups is 1. The first-order valence-corrected chi connectivity index (χ1v) is 8.93. The van der Waals surface area contributed by atoms with Gasteiger partial charge in [0, 0.05) is 17.5 Å². The smallest absolute Gasteiger partial charge is 0.275 e. The maximum Gasteiger partial charge on any atom is 0.275 e. The number of rotatable bonds is 4. The lowest BCUT2D eigenvalue weighted by molar-refractivity contribution is -0.902. The highest BCUT2D eigenvalue weighted by Crippen LogP contribution is 2.32. The van der Waals surface area contributed by atoms with E-state index in [0.29, 0.717) is 13.1 Å². The number of hydrogen-bond acceptors (Lipinski definition) is 1. The molecule has 1 unspecified atom stereocenters. The number of hydrogen-bond donors (Lipinski definition) is 2. The molecule has 0 spiro atoms. The van der Waals surface area contributed by atoms with Crippen LogP contribution >= 0.6 is 11.6 Å². The van der Waals surface area contributed by atoms with Crippen molar-refractivity contribution in [2.75, 3.05) is 19.6 Å². The summed E-state index contributed by atoms with van der Waals surface area (Å²) in [7, 11) is 0. The van der Waals surface area contributed by atoms with Gasteiger partial charge in [0.05, 0.1) is 13.1 Å². The summed E-state index contributed by atoms with van der Waals surface area (Å²) in [6, 6.07) is 7.65. The summed E-state index contributed by atoms with van der Waals surface area (Å²) >= 11 is 5.87. The van der Waals surface area contributed by atoms with E-state index in [9.17, 15) is 4.79 Å². The van der Waals surface area contributed by atoms with Gasteiger partial charge in [-0.15, -0.1) is 0 Å². The molecular formula is C18H26ClN2O+. The van der Waals surface area contributed by atoms with Crippen LogP contribution in [-0.2, 0) is 11.3 Å². The number of carbonyl (C=O) groups excluding carboxylic acids is 1.